The highest BCUT2D eigenvalue weighted by atomic mass is 32.1. The Hall–Kier alpha value is -1.19. The van der Waals surface area contributed by atoms with Crippen molar-refractivity contribution in [3.8, 4) is 11.3 Å². The summed E-state index contributed by atoms with van der Waals surface area (Å²) in [4.78, 5) is 6.34. The Morgan fingerprint density at radius 2 is 2.16 bits per heavy atom. The number of rotatable bonds is 4. The number of nitrogens with two attached hydrogens (primary N) is 1. The van der Waals surface area contributed by atoms with Gasteiger partial charge in [0.05, 0.1) is 10.7 Å². The SMILES string of the molecule is CC1Cc2sc(CCCCN)nc2-c2ccccc21. The molecule has 1 atom stereocenters. The first kappa shape index (κ1) is 12.8. The third-order valence-corrected chi connectivity index (χ3v) is 4.96. The third-order valence-electron chi connectivity index (χ3n) is 3.82. The lowest BCUT2D eigenvalue weighted by molar-refractivity contribution is 0.740. The molecular formula is C16H20N2S. The number of thiazole rings is 1. The van der Waals surface area contributed by atoms with Crippen LogP contribution in [0.3, 0.4) is 0 Å². The standard InChI is InChI=1S/C16H20N2S/c1-11-10-14-16(13-7-3-2-6-12(11)13)18-15(19-14)8-4-5-9-17/h2-3,6-7,11H,4-5,8-10,17H2,1H3. The topological polar surface area (TPSA) is 38.9 Å². The fourth-order valence-electron chi connectivity index (χ4n) is 2.81. The number of hydrogen-bond acceptors (Lipinski definition) is 3. The van der Waals surface area contributed by atoms with Crippen LogP contribution < -0.4 is 5.73 Å². The van der Waals surface area contributed by atoms with Crippen molar-refractivity contribution in [1.82, 2.24) is 4.98 Å². The predicted molar refractivity (Wildman–Crippen MR) is 81.7 cm³/mol. The van der Waals surface area contributed by atoms with Gasteiger partial charge < -0.3 is 5.73 Å². The van der Waals surface area contributed by atoms with Gasteiger partial charge in [0.15, 0.2) is 0 Å². The second kappa shape index (κ2) is 5.43. The van der Waals surface area contributed by atoms with Crippen LogP contribution in [0.5, 0.6) is 0 Å². The van der Waals surface area contributed by atoms with E-state index in [4.69, 9.17) is 10.7 Å². The molecule has 0 radical (unpaired) electrons. The zero-order valence-corrected chi connectivity index (χ0v) is 12.2. The van der Waals surface area contributed by atoms with E-state index in [1.807, 2.05) is 11.3 Å². The van der Waals surface area contributed by atoms with Crippen molar-refractivity contribution in [2.24, 2.45) is 5.73 Å². The van der Waals surface area contributed by atoms with Crippen LogP contribution in [-0.2, 0) is 12.8 Å². The molecule has 0 fully saturated rings. The summed E-state index contributed by atoms with van der Waals surface area (Å²) < 4.78 is 0. The lowest BCUT2D eigenvalue weighted by Gasteiger charge is -2.21. The first-order valence-electron chi connectivity index (χ1n) is 7.07. The third kappa shape index (κ3) is 2.45. The largest absolute Gasteiger partial charge is 0.330 e. The van der Waals surface area contributed by atoms with E-state index in [1.165, 1.54) is 26.7 Å². The molecular weight excluding hydrogens is 252 g/mol. The van der Waals surface area contributed by atoms with Crippen LogP contribution in [0.25, 0.3) is 11.3 Å². The van der Waals surface area contributed by atoms with E-state index in [2.05, 4.69) is 31.2 Å². The maximum atomic E-state index is 5.55. The first-order valence-corrected chi connectivity index (χ1v) is 7.89. The van der Waals surface area contributed by atoms with Gasteiger partial charge in [-0.25, -0.2) is 4.98 Å². The van der Waals surface area contributed by atoms with Crippen LogP contribution in [0.2, 0.25) is 0 Å². The maximum Gasteiger partial charge on any atom is 0.0935 e. The molecule has 2 aromatic rings. The van der Waals surface area contributed by atoms with E-state index < -0.39 is 0 Å². The summed E-state index contributed by atoms with van der Waals surface area (Å²) in [7, 11) is 0. The molecule has 0 saturated carbocycles. The number of aromatic nitrogens is 1. The van der Waals surface area contributed by atoms with E-state index in [1.54, 1.807) is 0 Å². The molecule has 0 aliphatic heterocycles. The fraction of sp³-hybridized carbons (Fsp3) is 0.438. The van der Waals surface area contributed by atoms with Gasteiger partial charge in [-0.3, -0.25) is 0 Å². The highest BCUT2D eigenvalue weighted by molar-refractivity contribution is 7.12. The van der Waals surface area contributed by atoms with E-state index in [9.17, 15) is 0 Å². The van der Waals surface area contributed by atoms with Gasteiger partial charge in [-0.2, -0.15) is 0 Å². The molecule has 1 unspecified atom stereocenters. The van der Waals surface area contributed by atoms with Gasteiger partial charge in [-0.1, -0.05) is 31.2 Å². The molecule has 0 spiro atoms. The quantitative estimate of drug-likeness (QED) is 0.861. The molecule has 3 heteroatoms. The summed E-state index contributed by atoms with van der Waals surface area (Å²) in [6, 6.07) is 8.71. The van der Waals surface area contributed by atoms with Crippen LogP contribution in [-0.4, -0.2) is 11.5 Å². The zero-order valence-electron chi connectivity index (χ0n) is 11.4. The summed E-state index contributed by atoms with van der Waals surface area (Å²) in [5.74, 6) is 0.612. The number of benzene rings is 1. The Kier molecular flexibility index (Phi) is 3.67. The Morgan fingerprint density at radius 1 is 1.32 bits per heavy atom. The van der Waals surface area contributed by atoms with Crippen molar-refractivity contribution >= 4 is 11.3 Å². The van der Waals surface area contributed by atoms with Crippen molar-refractivity contribution in [1.29, 1.82) is 0 Å². The average Bonchev–Trinajstić information content (AvgIpc) is 2.82. The van der Waals surface area contributed by atoms with Gasteiger partial charge in [0.25, 0.3) is 0 Å². The Labute approximate surface area is 118 Å². The normalized spacial score (nSPS) is 17.1. The Balaban J connectivity index is 1.91. The summed E-state index contributed by atoms with van der Waals surface area (Å²) in [6.45, 7) is 3.10. The molecule has 19 heavy (non-hydrogen) atoms. The van der Waals surface area contributed by atoms with Crippen molar-refractivity contribution in [2.45, 2.75) is 38.5 Å². The van der Waals surface area contributed by atoms with E-state index >= 15 is 0 Å². The van der Waals surface area contributed by atoms with E-state index in [0.29, 0.717) is 5.92 Å². The van der Waals surface area contributed by atoms with Gasteiger partial charge in [-0.15, -0.1) is 11.3 Å². The summed E-state index contributed by atoms with van der Waals surface area (Å²) in [5.41, 5.74) is 9.59. The molecule has 1 aliphatic carbocycles. The molecule has 1 heterocycles. The number of hydrogen-bond donors (Lipinski definition) is 1. The molecule has 1 aromatic heterocycles. The Morgan fingerprint density at radius 3 is 3.00 bits per heavy atom. The number of fused-ring (bicyclic) bond motifs is 3. The molecule has 2 N–H and O–H groups in total. The zero-order chi connectivity index (χ0) is 13.2. The minimum Gasteiger partial charge on any atom is -0.330 e. The van der Waals surface area contributed by atoms with Crippen LogP contribution in [0.4, 0.5) is 0 Å². The highest BCUT2D eigenvalue weighted by Gasteiger charge is 2.24. The smallest absolute Gasteiger partial charge is 0.0935 e. The van der Waals surface area contributed by atoms with Crippen LogP contribution >= 0.6 is 11.3 Å². The average molecular weight is 272 g/mol. The minimum atomic E-state index is 0.612. The maximum absolute atomic E-state index is 5.55. The molecule has 0 bridgehead atoms. The van der Waals surface area contributed by atoms with Crippen LogP contribution in [0.15, 0.2) is 24.3 Å². The molecule has 1 aliphatic rings. The second-order valence-corrected chi connectivity index (χ2v) is 6.49. The summed E-state index contributed by atoms with van der Waals surface area (Å²) in [5, 5.41) is 1.28. The summed E-state index contributed by atoms with van der Waals surface area (Å²) >= 11 is 1.90. The van der Waals surface area contributed by atoms with Gasteiger partial charge in [0.2, 0.25) is 0 Å². The molecule has 2 nitrogen and oxygen atoms in total. The predicted octanol–water partition coefficient (Wildman–Crippen LogP) is 3.75. The van der Waals surface area contributed by atoms with Crippen LogP contribution in [0, 0.1) is 0 Å². The van der Waals surface area contributed by atoms with Crippen molar-refractivity contribution in [3.63, 3.8) is 0 Å². The van der Waals surface area contributed by atoms with Gasteiger partial charge in [-0.05, 0) is 43.7 Å². The minimum absolute atomic E-state index is 0.612. The molecule has 3 rings (SSSR count). The number of unbranched alkanes of at least 4 members (excludes halogenated alkanes) is 1. The lowest BCUT2D eigenvalue weighted by atomic mass is 9.86. The van der Waals surface area contributed by atoms with E-state index in [0.717, 1.165) is 32.2 Å². The van der Waals surface area contributed by atoms with Gasteiger partial charge >= 0.3 is 0 Å². The van der Waals surface area contributed by atoms with Gasteiger partial charge in [0.1, 0.15) is 0 Å². The monoisotopic (exact) mass is 272 g/mol. The molecule has 0 amide bonds. The highest BCUT2D eigenvalue weighted by Crippen LogP contribution is 2.41. The molecule has 1 aromatic carbocycles. The van der Waals surface area contributed by atoms with Gasteiger partial charge in [0, 0.05) is 10.4 Å². The molecule has 0 saturated heterocycles. The lowest BCUT2D eigenvalue weighted by Crippen LogP contribution is -2.06. The van der Waals surface area contributed by atoms with Crippen molar-refractivity contribution in [2.75, 3.05) is 6.54 Å². The van der Waals surface area contributed by atoms with Crippen molar-refractivity contribution in [3.05, 3.63) is 39.7 Å². The first-order chi connectivity index (χ1) is 9.29. The second-order valence-electron chi connectivity index (χ2n) is 5.32. The number of nitrogens with zero attached hydrogens (tertiary/aromatic N) is 1. The number of aryl methyl sites for hydroxylation is 1. The molecule has 100 valence electrons. The van der Waals surface area contributed by atoms with Crippen molar-refractivity contribution < 1.29 is 0 Å². The van der Waals surface area contributed by atoms with Crippen LogP contribution in [0.1, 0.15) is 41.1 Å². The van der Waals surface area contributed by atoms with E-state index in [-0.39, 0.29) is 0 Å². The Bertz CT molecular complexity index is 574. The fourth-order valence-corrected chi connectivity index (χ4v) is 4.06. The summed E-state index contributed by atoms with van der Waals surface area (Å²) in [6.07, 6.45) is 4.46.